The van der Waals surface area contributed by atoms with Gasteiger partial charge in [-0.15, -0.1) is 0 Å². The Labute approximate surface area is 140 Å². The van der Waals surface area contributed by atoms with Crippen LogP contribution < -0.4 is 5.32 Å². The number of nitrogens with zero attached hydrogens (tertiary/aromatic N) is 1. The van der Waals surface area contributed by atoms with Gasteiger partial charge in [0.1, 0.15) is 0 Å². The molecule has 1 aromatic carbocycles. The lowest BCUT2D eigenvalue weighted by molar-refractivity contribution is -0.134. The first-order valence-electron chi connectivity index (χ1n) is 7.49. The molecule has 2 rings (SSSR count). The molecule has 1 fully saturated rings. The van der Waals surface area contributed by atoms with Gasteiger partial charge in [-0.1, -0.05) is 33.6 Å². The summed E-state index contributed by atoms with van der Waals surface area (Å²) >= 11 is 9.68. The van der Waals surface area contributed by atoms with Crippen molar-refractivity contribution in [3.8, 4) is 0 Å². The molecule has 1 aliphatic heterocycles. The maximum atomic E-state index is 12.4. The first kappa shape index (κ1) is 16.8. The van der Waals surface area contributed by atoms with E-state index in [2.05, 4.69) is 21.2 Å². The van der Waals surface area contributed by atoms with Crippen molar-refractivity contribution in [2.24, 2.45) is 0 Å². The molecule has 3 nitrogen and oxygen atoms in total. The Balaban J connectivity index is 1.97. The summed E-state index contributed by atoms with van der Waals surface area (Å²) in [5, 5.41) is 4.07. The van der Waals surface area contributed by atoms with Crippen LogP contribution in [0.25, 0.3) is 0 Å². The molecule has 1 amide bonds. The van der Waals surface area contributed by atoms with E-state index in [-0.39, 0.29) is 18.0 Å². The highest BCUT2D eigenvalue weighted by Crippen LogP contribution is 2.26. The quantitative estimate of drug-likeness (QED) is 0.859. The average molecular weight is 374 g/mol. The molecule has 0 bridgehead atoms. The van der Waals surface area contributed by atoms with Crippen LogP contribution in [0.4, 0.5) is 0 Å². The molecule has 0 aromatic heterocycles. The third-order valence-electron chi connectivity index (χ3n) is 3.97. The lowest BCUT2D eigenvalue weighted by Crippen LogP contribution is -2.47. The maximum Gasteiger partial charge on any atom is 0.239 e. The summed E-state index contributed by atoms with van der Waals surface area (Å²) in [5.41, 5.74) is 1.01. The number of likely N-dealkylation sites (tertiary alicyclic amines) is 1. The van der Waals surface area contributed by atoms with E-state index in [1.54, 1.807) is 0 Å². The number of halogens is 2. The summed E-state index contributed by atoms with van der Waals surface area (Å²) in [4.78, 5) is 14.4. The van der Waals surface area contributed by atoms with E-state index in [1.165, 1.54) is 6.42 Å². The molecule has 0 saturated carbocycles. The van der Waals surface area contributed by atoms with Gasteiger partial charge in [-0.2, -0.15) is 0 Å². The molecule has 2 unspecified atom stereocenters. The Bertz CT molecular complexity index is 503. The van der Waals surface area contributed by atoms with Crippen molar-refractivity contribution in [3.05, 3.63) is 33.3 Å². The number of hydrogen-bond acceptors (Lipinski definition) is 2. The summed E-state index contributed by atoms with van der Waals surface area (Å²) in [6.45, 7) is 5.74. The molecule has 0 aliphatic carbocycles. The molecule has 21 heavy (non-hydrogen) atoms. The van der Waals surface area contributed by atoms with Gasteiger partial charge in [0.15, 0.2) is 0 Å². The molecular weight excluding hydrogens is 352 g/mol. The highest BCUT2D eigenvalue weighted by molar-refractivity contribution is 9.10. The van der Waals surface area contributed by atoms with E-state index in [0.717, 1.165) is 36.0 Å². The van der Waals surface area contributed by atoms with Crippen LogP contribution in [0.3, 0.4) is 0 Å². The summed E-state index contributed by atoms with van der Waals surface area (Å²) in [6.07, 6.45) is 3.47. The van der Waals surface area contributed by atoms with E-state index >= 15 is 0 Å². The van der Waals surface area contributed by atoms with Gasteiger partial charge in [-0.3, -0.25) is 10.1 Å². The summed E-state index contributed by atoms with van der Waals surface area (Å²) in [7, 11) is 0. The molecule has 0 spiro atoms. The van der Waals surface area contributed by atoms with E-state index in [0.29, 0.717) is 5.02 Å². The van der Waals surface area contributed by atoms with Crippen molar-refractivity contribution in [1.29, 1.82) is 0 Å². The highest BCUT2D eigenvalue weighted by atomic mass is 79.9. The molecule has 1 N–H and O–H groups in total. The van der Waals surface area contributed by atoms with Crippen molar-refractivity contribution in [3.63, 3.8) is 0 Å². The molecule has 1 heterocycles. The number of piperidine rings is 1. The number of rotatable bonds is 4. The van der Waals surface area contributed by atoms with Crippen LogP contribution in [-0.4, -0.2) is 29.9 Å². The second-order valence-corrected chi connectivity index (χ2v) is 6.98. The molecule has 1 aliphatic rings. The smallest absolute Gasteiger partial charge is 0.239 e. The Kier molecular flexibility index (Phi) is 6.08. The Morgan fingerprint density at radius 2 is 1.95 bits per heavy atom. The minimum absolute atomic E-state index is 0.0364. The molecule has 5 heteroatoms. The van der Waals surface area contributed by atoms with Crippen LogP contribution in [0.15, 0.2) is 22.7 Å². The number of carbonyl (C=O) groups excluding carboxylic acids is 1. The molecular formula is C16H22BrClN2O. The second kappa shape index (κ2) is 7.61. The van der Waals surface area contributed by atoms with Gasteiger partial charge in [0.25, 0.3) is 0 Å². The van der Waals surface area contributed by atoms with Gasteiger partial charge in [0.2, 0.25) is 5.91 Å². The topological polar surface area (TPSA) is 32.3 Å². The van der Waals surface area contributed by atoms with Gasteiger partial charge >= 0.3 is 0 Å². The van der Waals surface area contributed by atoms with Gasteiger partial charge < -0.3 is 4.90 Å². The lowest BCUT2D eigenvalue weighted by Gasteiger charge is -2.30. The van der Waals surface area contributed by atoms with Gasteiger partial charge in [-0.05, 0) is 50.8 Å². The van der Waals surface area contributed by atoms with Crippen LogP contribution in [0, 0.1) is 0 Å². The van der Waals surface area contributed by atoms with Crippen molar-refractivity contribution in [2.45, 2.75) is 45.2 Å². The molecule has 0 radical (unpaired) electrons. The summed E-state index contributed by atoms with van der Waals surface area (Å²) < 4.78 is 0.959. The minimum Gasteiger partial charge on any atom is -0.341 e. The van der Waals surface area contributed by atoms with E-state index in [9.17, 15) is 4.79 Å². The Morgan fingerprint density at radius 3 is 2.57 bits per heavy atom. The maximum absolute atomic E-state index is 12.4. The van der Waals surface area contributed by atoms with E-state index < -0.39 is 0 Å². The molecule has 1 aromatic rings. The summed E-state index contributed by atoms with van der Waals surface area (Å²) in [6, 6.07) is 5.68. The minimum atomic E-state index is -0.196. The summed E-state index contributed by atoms with van der Waals surface area (Å²) in [5.74, 6) is 0.190. The van der Waals surface area contributed by atoms with Crippen LogP contribution in [-0.2, 0) is 4.79 Å². The van der Waals surface area contributed by atoms with Crippen LogP contribution in [0.5, 0.6) is 0 Å². The van der Waals surface area contributed by atoms with Crippen molar-refractivity contribution >= 4 is 33.4 Å². The van der Waals surface area contributed by atoms with Crippen LogP contribution in [0.2, 0.25) is 5.02 Å². The van der Waals surface area contributed by atoms with Crippen LogP contribution >= 0.6 is 27.5 Å². The Hall–Kier alpha value is -0.580. The van der Waals surface area contributed by atoms with Crippen molar-refractivity contribution < 1.29 is 4.79 Å². The number of nitrogens with one attached hydrogen (secondary N) is 1. The van der Waals surface area contributed by atoms with E-state index in [1.807, 2.05) is 36.9 Å². The fourth-order valence-electron chi connectivity index (χ4n) is 2.78. The molecule has 2 atom stereocenters. The predicted molar refractivity (Wildman–Crippen MR) is 90.6 cm³/mol. The van der Waals surface area contributed by atoms with Gasteiger partial charge in [0, 0.05) is 28.6 Å². The lowest BCUT2D eigenvalue weighted by atomic mass is 10.1. The monoisotopic (exact) mass is 372 g/mol. The second-order valence-electron chi connectivity index (χ2n) is 5.66. The number of carbonyl (C=O) groups is 1. The van der Waals surface area contributed by atoms with E-state index in [4.69, 9.17) is 11.6 Å². The number of amides is 1. The first-order chi connectivity index (χ1) is 9.99. The number of benzene rings is 1. The van der Waals surface area contributed by atoms with Crippen LogP contribution in [0.1, 0.15) is 44.7 Å². The predicted octanol–water partition coefficient (Wildman–Crippen LogP) is 4.15. The normalized spacial score (nSPS) is 18.4. The largest absolute Gasteiger partial charge is 0.341 e. The fourth-order valence-corrected chi connectivity index (χ4v) is 3.61. The standard InChI is InChI=1S/C16H22BrClN2O/c1-11(14-7-6-13(17)10-15(14)18)19-12(2)16(21)20-8-4-3-5-9-20/h6-7,10-12,19H,3-5,8-9H2,1-2H3. The van der Waals surface area contributed by atoms with Crippen molar-refractivity contribution in [2.75, 3.05) is 13.1 Å². The average Bonchev–Trinajstić information content (AvgIpc) is 2.47. The third kappa shape index (κ3) is 4.44. The zero-order chi connectivity index (χ0) is 15.4. The third-order valence-corrected chi connectivity index (χ3v) is 4.79. The van der Waals surface area contributed by atoms with Gasteiger partial charge in [0.05, 0.1) is 6.04 Å². The molecule has 1 saturated heterocycles. The highest BCUT2D eigenvalue weighted by Gasteiger charge is 2.23. The van der Waals surface area contributed by atoms with Gasteiger partial charge in [-0.25, -0.2) is 0 Å². The Morgan fingerprint density at radius 1 is 1.29 bits per heavy atom. The fraction of sp³-hybridized carbons (Fsp3) is 0.562. The SMILES string of the molecule is CC(NC(C)c1ccc(Br)cc1Cl)C(=O)N1CCCCC1. The first-order valence-corrected chi connectivity index (χ1v) is 8.66. The zero-order valence-electron chi connectivity index (χ0n) is 12.5. The van der Waals surface area contributed by atoms with Crippen molar-refractivity contribution in [1.82, 2.24) is 10.2 Å². The molecule has 116 valence electrons. The zero-order valence-corrected chi connectivity index (χ0v) is 14.9. The number of hydrogen-bond donors (Lipinski definition) is 1.